The summed E-state index contributed by atoms with van der Waals surface area (Å²) >= 11 is 0. The van der Waals surface area contributed by atoms with Crippen molar-refractivity contribution in [2.24, 2.45) is 10.7 Å². The highest BCUT2D eigenvalue weighted by Crippen LogP contribution is 2.16. The molecule has 0 amide bonds. The number of guanidine groups is 1. The molecule has 2 rings (SSSR count). The van der Waals surface area contributed by atoms with Crippen molar-refractivity contribution >= 4 is 29.9 Å². The van der Waals surface area contributed by atoms with E-state index < -0.39 is 0 Å². The fourth-order valence-electron chi connectivity index (χ4n) is 3.44. The second kappa shape index (κ2) is 11.4. The predicted octanol–water partition coefficient (Wildman–Crippen LogP) is 0.631. The van der Waals surface area contributed by atoms with Crippen LogP contribution in [0.2, 0.25) is 0 Å². The third kappa shape index (κ3) is 7.53. The van der Waals surface area contributed by atoms with Gasteiger partial charge in [-0.25, -0.2) is 0 Å². The molecule has 2 heterocycles. The lowest BCUT2D eigenvalue weighted by molar-refractivity contribution is 0.272. The molecular weight excluding hydrogens is 403 g/mol. The Morgan fingerprint density at radius 1 is 1.17 bits per heavy atom. The molecule has 1 unspecified atom stereocenters. The molecule has 7 heteroatoms. The Kier molecular flexibility index (Phi) is 10.4. The molecule has 2 saturated heterocycles. The summed E-state index contributed by atoms with van der Waals surface area (Å²) in [4.78, 5) is 12.0. The van der Waals surface area contributed by atoms with Crippen LogP contribution < -0.4 is 11.1 Å². The zero-order valence-electron chi connectivity index (χ0n) is 14.8. The van der Waals surface area contributed by atoms with Crippen molar-refractivity contribution in [1.29, 1.82) is 0 Å². The monoisotopic (exact) mass is 438 g/mol. The SMILES string of the molecule is CCN1CCCC1CN=C(N)NCCN1CCCN(C)CC1.I. The van der Waals surface area contributed by atoms with Crippen molar-refractivity contribution in [2.75, 3.05) is 66.0 Å². The van der Waals surface area contributed by atoms with Gasteiger partial charge < -0.3 is 20.9 Å². The van der Waals surface area contributed by atoms with Crippen LogP contribution >= 0.6 is 24.0 Å². The molecule has 136 valence electrons. The summed E-state index contributed by atoms with van der Waals surface area (Å²) in [6, 6.07) is 0.589. The van der Waals surface area contributed by atoms with Gasteiger partial charge in [0.05, 0.1) is 6.54 Å². The Balaban J connectivity index is 0.00000264. The molecule has 0 aromatic rings. The van der Waals surface area contributed by atoms with Gasteiger partial charge in [-0.2, -0.15) is 0 Å². The van der Waals surface area contributed by atoms with E-state index in [1.807, 2.05) is 0 Å². The average molecular weight is 438 g/mol. The number of nitrogens with zero attached hydrogens (tertiary/aromatic N) is 4. The smallest absolute Gasteiger partial charge is 0.188 e. The van der Waals surface area contributed by atoms with Crippen molar-refractivity contribution < 1.29 is 0 Å². The highest BCUT2D eigenvalue weighted by atomic mass is 127. The number of aliphatic imine (C=N–C) groups is 1. The van der Waals surface area contributed by atoms with Crippen molar-refractivity contribution in [3.63, 3.8) is 0 Å². The topological polar surface area (TPSA) is 60.1 Å². The molecule has 0 bridgehead atoms. The molecule has 0 aromatic carbocycles. The summed E-state index contributed by atoms with van der Waals surface area (Å²) in [6.45, 7) is 12.1. The van der Waals surface area contributed by atoms with Gasteiger partial charge in [-0.15, -0.1) is 24.0 Å². The van der Waals surface area contributed by atoms with E-state index in [0.29, 0.717) is 12.0 Å². The molecule has 23 heavy (non-hydrogen) atoms. The van der Waals surface area contributed by atoms with Crippen LogP contribution in [0.5, 0.6) is 0 Å². The summed E-state index contributed by atoms with van der Waals surface area (Å²) in [5, 5.41) is 3.27. The Morgan fingerprint density at radius 3 is 2.78 bits per heavy atom. The second-order valence-corrected chi connectivity index (χ2v) is 6.58. The van der Waals surface area contributed by atoms with E-state index >= 15 is 0 Å². The van der Waals surface area contributed by atoms with Gasteiger partial charge in [0.15, 0.2) is 5.96 Å². The summed E-state index contributed by atoms with van der Waals surface area (Å²) in [5.74, 6) is 0.606. The number of nitrogens with two attached hydrogens (primary N) is 1. The first-order valence-corrected chi connectivity index (χ1v) is 8.87. The van der Waals surface area contributed by atoms with Gasteiger partial charge in [-0.1, -0.05) is 6.92 Å². The van der Waals surface area contributed by atoms with Crippen molar-refractivity contribution in [1.82, 2.24) is 20.0 Å². The molecule has 0 radical (unpaired) electrons. The van der Waals surface area contributed by atoms with Crippen LogP contribution in [0.4, 0.5) is 0 Å². The third-order valence-corrected chi connectivity index (χ3v) is 4.92. The van der Waals surface area contributed by atoms with Crippen LogP contribution in [0.3, 0.4) is 0 Å². The fraction of sp³-hybridized carbons (Fsp3) is 0.938. The average Bonchev–Trinajstić information content (AvgIpc) is 2.87. The summed E-state index contributed by atoms with van der Waals surface area (Å²) < 4.78 is 0. The van der Waals surface area contributed by atoms with Crippen molar-refractivity contribution in [2.45, 2.75) is 32.2 Å². The van der Waals surface area contributed by atoms with E-state index in [9.17, 15) is 0 Å². The first-order valence-electron chi connectivity index (χ1n) is 8.87. The van der Waals surface area contributed by atoms with Crippen LogP contribution in [0.25, 0.3) is 0 Å². The Labute approximate surface area is 158 Å². The summed E-state index contributed by atoms with van der Waals surface area (Å²) in [5.41, 5.74) is 6.00. The highest BCUT2D eigenvalue weighted by Gasteiger charge is 2.22. The zero-order valence-corrected chi connectivity index (χ0v) is 17.2. The Hall–Kier alpha value is -0.120. The summed E-state index contributed by atoms with van der Waals surface area (Å²) in [6.07, 6.45) is 3.81. The van der Waals surface area contributed by atoms with E-state index in [2.05, 4.69) is 39.0 Å². The number of hydrogen-bond donors (Lipinski definition) is 2. The van der Waals surface area contributed by atoms with Gasteiger partial charge in [-0.3, -0.25) is 9.89 Å². The normalized spacial score (nSPS) is 25.1. The van der Waals surface area contributed by atoms with Crippen LogP contribution in [0.1, 0.15) is 26.2 Å². The minimum absolute atomic E-state index is 0. The molecule has 0 aromatic heterocycles. The zero-order chi connectivity index (χ0) is 15.8. The number of rotatable bonds is 6. The maximum Gasteiger partial charge on any atom is 0.188 e. The van der Waals surface area contributed by atoms with Gasteiger partial charge in [-0.05, 0) is 52.5 Å². The molecule has 1 atom stereocenters. The van der Waals surface area contributed by atoms with Crippen LogP contribution in [-0.2, 0) is 0 Å². The van der Waals surface area contributed by atoms with Crippen molar-refractivity contribution in [3.05, 3.63) is 0 Å². The molecule has 6 nitrogen and oxygen atoms in total. The maximum absolute atomic E-state index is 6.00. The van der Waals surface area contributed by atoms with Gasteiger partial charge in [0, 0.05) is 32.2 Å². The number of halogens is 1. The molecule has 2 aliphatic rings. The fourth-order valence-corrected chi connectivity index (χ4v) is 3.44. The minimum Gasteiger partial charge on any atom is -0.370 e. The second-order valence-electron chi connectivity index (χ2n) is 6.58. The third-order valence-electron chi connectivity index (χ3n) is 4.92. The Morgan fingerprint density at radius 2 is 2.00 bits per heavy atom. The van der Waals surface area contributed by atoms with Crippen LogP contribution in [0, 0.1) is 0 Å². The minimum atomic E-state index is 0. The highest BCUT2D eigenvalue weighted by molar-refractivity contribution is 14.0. The largest absolute Gasteiger partial charge is 0.370 e. The standard InChI is InChI=1S/C16H34N6.HI/c1-3-22-10-4-6-15(22)14-19-16(17)18-7-11-21-9-5-8-20(2)12-13-21;/h15H,3-14H2,1-2H3,(H3,17,18,19);1H. The lowest BCUT2D eigenvalue weighted by Gasteiger charge is -2.21. The van der Waals surface area contributed by atoms with Gasteiger partial charge >= 0.3 is 0 Å². The van der Waals surface area contributed by atoms with E-state index in [4.69, 9.17) is 5.73 Å². The molecule has 3 N–H and O–H groups in total. The van der Waals surface area contributed by atoms with Crippen LogP contribution in [0.15, 0.2) is 4.99 Å². The van der Waals surface area contributed by atoms with Crippen LogP contribution in [-0.4, -0.2) is 92.7 Å². The summed E-state index contributed by atoms with van der Waals surface area (Å²) in [7, 11) is 2.20. The number of likely N-dealkylation sites (N-methyl/N-ethyl adjacent to an activating group) is 2. The predicted molar refractivity (Wildman–Crippen MR) is 109 cm³/mol. The number of likely N-dealkylation sites (tertiary alicyclic amines) is 1. The first-order chi connectivity index (χ1) is 10.7. The number of nitrogens with one attached hydrogen (secondary N) is 1. The van der Waals surface area contributed by atoms with Gasteiger partial charge in [0.25, 0.3) is 0 Å². The molecule has 0 saturated carbocycles. The van der Waals surface area contributed by atoms with E-state index in [-0.39, 0.29) is 24.0 Å². The Bertz CT molecular complexity index is 351. The molecular formula is C16H35IN6. The first kappa shape index (κ1) is 20.9. The lowest BCUT2D eigenvalue weighted by Crippen LogP contribution is -2.40. The van der Waals surface area contributed by atoms with E-state index in [1.165, 1.54) is 38.9 Å². The molecule has 0 aliphatic carbocycles. The maximum atomic E-state index is 6.00. The number of hydrogen-bond acceptors (Lipinski definition) is 4. The molecule has 2 aliphatic heterocycles. The van der Waals surface area contributed by atoms with E-state index in [0.717, 1.165) is 39.3 Å². The van der Waals surface area contributed by atoms with Gasteiger partial charge in [0.2, 0.25) is 0 Å². The van der Waals surface area contributed by atoms with E-state index in [1.54, 1.807) is 0 Å². The van der Waals surface area contributed by atoms with Gasteiger partial charge in [0.1, 0.15) is 0 Å². The van der Waals surface area contributed by atoms with Crippen molar-refractivity contribution in [3.8, 4) is 0 Å². The lowest BCUT2D eigenvalue weighted by atomic mass is 10.2. The molecule has 0 spiro atoms. The molecule has 2 fully saturated rings. The quantitative estimate of drug-likeness (QED) is 0.362.